The lowest BCUT2D eigenvalue weighted by molar-refractivity contribution is -0.384. The largest absolute Gasteiger partial charge is 0.460 e. The van der Waals surface area contributed by atoms with Gasteiger partial charge in [-0.3, -0.25) is 14.9 Å². The van der Waals surface area contributed by atoms with Crippen LogP contribution < -0.4 is 10.1 Å². The van der Waals surface area contributed by atoms with E-state index in [9.17, 15) is 14.9 Å². The minimum Gasteiger partial charge on any atom is -0.460 e. The molecule has 0 spiro atoms. The molecule has 1 heterocycles. The van der Waals surface area contributed by atoms with Gasteiger partial charge in [0.05, 0.1) is 27.3 Å². The summed E-state index contributed by atoms with van der Waals surface area (Å²) in [7, 11) is 0. The van der Waals surface area contributed by atoms with Crippen LogP contribution in [0.25, 0.3) is 17.1 Å². The zero-order valence-electron chi connectivity index (χ0n) is 19.6. The molecule has 0 fully saturated rings. The maximum Gasteiger partial charge on any atom is 0.336 e. The van der Waals surface area contributed by atoms with Crippen molar-refractivity contribution >= 4 is 40.5 Å². The predicted molar refractivity (Wildman–Crippen MR) is 140 cm³/mol. The van der Waals surface area contributed by atoms with Crippen molar-refractivity contribution in [1.29, 1.82) is 0 Å². The van der Waals surface area contributed by atoms with Crippen molar-refractivity contribution in [1.82, 2.24) is 14.8 Å². The summed E-state index contributed by atoms with van der Waals surface area (Å²) < 4.78 is 12.5. The third-order valence-electron chi connectivity index (χ3n) is 5.12. The second kappa shape index (κ2) is 11.8. The molecule has 0 aliphatic heterocycles. The highest BCUT2D eigenvalue weighted by atomic mass is 35.5. The van der Waals surface area contributed by atoms with Gasteiger partial charge in [-0.15, -0.1) is 5.10 Å². The molecule has 0 atom stereocenters. The summed E-state index contributed by atoms with van der Waals surface area (Å²) in [6.07, 6.45) is 0. The summed E-state index contributed by atoms with van der Waals surface area (Å²) in [4.78, 5) is 27.6. The Morgan fingerprint density at radius 3 is 2.54 bits per heavy atom. The van der Waals surface area contributed by atoms with Crippen molar-refractivity contribution in [2.75, 3.05) is 25.1 Å². The molecule has 190 valence electrons. The minimum atomic E-state index is -0.524. The topological polar surface area (TPSA) is 121 Å². The Bertz CT molecular complexity index is 1430. The Labute approximate surface area is 221 Å². The van der Waals surface area contributed by atoms with Crippen LogP contribution >= 0.6 is 23.2 Å². The number of anilines is 1. The number of nitro groups is 1. The monoisotopic (exact) mass is 541 g/mol. The van der Waals surface area contributed by atoms with Gasteiger partial charge in [-0.1, -0.05) is 29.3 Å². The van der Waals surface area contributed by atoms with Gasteiger partial charge in [-0.2, -0.15) is 4.98 Å². The Hall–Kier alpha value is -3.99. The van der Waals surface area contributed by atoms with Gasteiger partial charge in [0.25, 0.3) is 11.6 Å². The highest BCUT2D eigenvalue weighted by Gasteiger charge is 2.17. The molecule has 0 saturated heterocycles. The molecule has 1 amide bonds. The Morgan fingerprint density at radius 2 is 1.84 bits per heavy atom. The van der Waals surface area contributed by atoms with E-state index < -0.39 is 10.8 Å². The zero-order chi connectivity index (χ0) is 26.4. The Kier molecular flexibility index (Phi) is 8.34. The van der Waals surface area contributed by atoms with Gasteiger partial charge in [0.2, 0.25) is 0 Å². The van der Waals surface area contributed by atoms with Crippen LogP contribution in [-0.2, 0) is 4.74 Å². The van der Waals surface area contributed by atoms with Gasteiger partial charge in [-0.05, 0) is 55.5 Å². The van der Waals surface area contributed by atoms with Crippen LogP contribution in [0.3, 0.4) is 0 Å². The Balaban J connectivity index is 1.63. The average Bonchev–Trinajstić information content (AvgIpc) is 3.33. The number of nitro benzene ring substituents is 1. The third kappa shape index (κ3) is 6.42. The molecule has 1 aromatic heterocycles. The fourth-order valence-corrected chi connectivity index (χ4v) is 3.64. The van der Waals surface area contributed by atoms with E-state index in [4.69, 9.17) is 32.7 Å². The van der Waals surface area contributed by atoms with Crippen molar-refractivity contribution in [3.8, 4) is 23.1 Å². The maximum atomic E-state index is 12.7. The molecule has 0 saturated carbocycles. The van der Waals surface area contributed by atoms with Crippen molar-refractivity contribution in [2.45, 2.75) is 6.92 Å². The number of carbonyl (C=O) groups excluding carboxylic acids is 1. The number of rotatable bonds is 10. The van der Waals surface area contributed by atoms with Gasteiger partial charge in [0, 0.05) is 35.6 Å². The van der Waals surface area contributed by atoms with Crippen LogP contribution in [0.1, 0.15) is 17.3 Å². The molecule has 10 nitrogen and oxygen atoms in total. The molecule has 0 aliphatic rings. The van der Waals surface area contributed by atoms with Crippen molar-refractivity contribution in [3.63, 3.8) is 0 Å². The summed E-state index contributed by atoms with van der Waals surface area (Å²) >= 11 is 12.3. The van der Waals surface area contributed by atoms with Crippen LogP contribution in [0.4, 0.5) is 11.4 Å². The second-order valence-corrected chi connectivity index (χ2v) is 8.43. The van der Waals surface area contributed by atoms with Crippen molar-refractivity contribution in [2.24, 2.45) is 0 Å². The van der Waals surface area contributed by atoms with Crippen LogP contribution in [0.5, 0.6) is 6.01 Å². The van der Waals surface area contributed by atoms with Crippen LogP contribution in [0.15, 0.2) is 66.7 Å². The average molecular weight is 542 g/mol. The predicted octanol–water partition coefficient (Wildman–Crippen LogP) is 5.82. The number of ether oxygens (including phenoxy) is 2. The number of amides is 1. The molecule has 4 rings (SSSR count). The number of halogens is 2. The number of carbonyl (C=O) groups is 1. The first-order chi connectivity index (χ1) is 17.9. The van der Waals surface area contributed by atoms with Crippen molar-refractivity contribution < 1.29 is 19.2 Å². The summed E-state index contributed by atoms with van der Waals surface area (Å²) in [5.41, 5.74) is 1.91. The maximum absolute atomic E-state index is 12.7. The molecule has 37 heavy (non-hydrogen) atoms. The SMILES string of the molecule is CCOCCOc1nc(-c2ccc(Cl)c(Cl)c2)n(-c2cccc(NC(=O)c3ccc([N+](=O)[O-])cc3)c2)n1. The fourth-order valence-electron chi connectivity index (χ4n) is 3.35. The summed E-state index contributed by atoms with van der Waals surface area (Å²) in [5.74, 6) is 0.0270. The van der Waals surface area contributed by atoms with E-state index in [0.29, 0.717) is 46.0 Å². The van der Waals surface area contributed by atoms with Crippen LogP contribution in [-0.4, -0.2) is 45.4 Å². The first-order valence-corrected chi connectivity index (χ1v) is 11.9. The van der Waals surface area contributed by atoms with Crippen LogP contribution in [0, 0.1) is 10.1 Å². The van der Waals surface area contributed by atoms with Gasteiger partial charge in [-0.25, -0.2) is 4.68 Å². The first-order valence-electron chi connectivity index (χ1n) is 11.1. The number of aromatic nitrogens is 3. The number of nitrogens with one attached hydrogen (secondary N) is 1. The molecular weight excluding hydrogens is 521 g/mol. The van der Waals surface area contributed by atoms with Gasteiger partial charge >= 0.3 is 6.01 Å². The van der Waals surface area contributed by atoms with E-state index in [1.54, 1.807) is 47.1 Å². The molecule has 0 aliphatic carbocycles. The lowest BCUT2D eigenvalue weighted by atomic mass is 10.2. The fraction of sp³-hybridized carbons (Fsp3) is 0.160. The second-order valence-electron chi connectivity index (χ2n) is 7.61. The zero-order valence-corrected chi connectivity index (χ0v) is 21.1. The summed E-state index contributed by atoms with van der Waals surface area (Å²) in [6, 6.07) is 17.5. The van der Waals surface area contributed by atoms with E-state index in [0.717, 1.165) is 0 Å². The van der Waals surface area contributed by atoms with E-state index in [-0.39, 0.29) is 23.9 Å². The van der Waals surface area contributed by atoms with Crippen molar-refractivity contribution in [3.05, 3.63) is 92.5 Å². The Morgan fingerprint density at radius 1 is 1.05 bits per heavy atom. The van der Waals surface area contributed by atoms with E-state index >= 15 is 0 Å². The molecule has 0 radical (unpaired) electrons. The lowest BCUT2D eigenvalue weighted by Gasteiger charge is -2.10. The molecule has 0 bridgehead atoms. The molecular formula is C25H21Cl2N5O5. The number of nitrogens with zero attached hydrogens (tertiary/aromatic N) is 4. The minimum absolute atomic E-state index is 0.0983. The summed E-state index contributed by atoms with van der Waals surface area (Å²) in [6.45, 7) is 3.11. The first kappa shape index (κ1) is 26.1. The highest BCUT2D eigenvalue weighted by molar-refractivity contribution is 6.42. The van der Waals surface area contributed by atoms with Gasteiger partial charge in [0.15, 0.2) is 5.82 Å². The van der Waals surface area contributed by atoms with E-state index in [1.807, 2.05) is 6.92 Å². The number of benzene rings is 3. The molecule has 12 heteroatoms. The van der Waals surface area contributed by atoms with E-state index in [2.05, 4.69) is 15.4 Å². The standard InChI is InChI=1S/C25H21Cl2N5O5/c1-2-36-12-13-37-25-29-23(17-8-11-21(26)22(27)14-17)31(30-25)20-5-3-4-18(15-20)28-24(33)16-6-9-19(10-7-16)32(34)35/h3-11,14-15H,2,12-13H2,1H3,(H,28,33). The van der Waals surface area contributed by atoms with Gasteiger partial charge in [0.1, 0.15) is 6.61 Å². The quantitative estimate of drug-likeness (QED) is 0.152. The highest BCUT2D eigenvalue weighted by Crippen LogP contribution is 2.30. The normalized spacial score (nSPS) is 10.8. The lowest BCUT2D eigenvalue weighted by Crippen LogP contribution is -2.12. The smallest absolute Gasteiger partial charge is 0.336 e. The molecule has 0 unspecified atom stereocenters. The third-order valence-corrected chi connectivity index (χ3v) is 5.86. The summed E-state index contributed by atoms with van der Waals surface area (Å²) in [5, 5.41) is 18.9. The number of hydrogen-bond acceptors (Lipinski definition) is 7. The van der Waals surface area contributed by atoms with Crippen LogP contribution in [0.2, 0.25) is 10.0 Å². The molecule has 4 aromatic rings. The number of non-ortho nitro benzene ring substituents is 1. The molecule has 3 aromatic carbocycles. The van der Waals surface area contributed by atoms with E-state index in [1.165, 1.54) is 24.3 Å². The molecule has 1 N–H and O–H groups in total. The number of hydrogen-bond donors (Lipinski definition) is 1. The van der Waals surface area contributed by atoms with Gasteiger partial charge < -0.3 is 14.8 Å².